The number of aromatic hydroxyl groups is 1. The fourth-order valence-corrected chi connectivity index (χ4v) is 5.20. The Labute approximate surface area is 156 Å². The first-order chi connectivity index (χ1) is 12.0. The third-order valence-corrected chi connectivity index (χ3v) is 6.48. The van der Waals surface area contributed by atoms with Crippen LogP contribution in [0.4, 0.5) is 0 Å². The van der Waals surface area contributed by atoms with Crippen LogP contribution in [-0.4, -0.2) is 5.11 Å². The molecule has 1 aromatic rings. The van der Waals surface area contributed by atoms with Gasteiger partial charge in [-0.1, -0.05) is 53.5 Å². The third-order valence-electron chi connectivity index (χ3n) is 6.48. The average molecular weight is 343 g/mol. The van der Waals surface area contributed by atoms with Crippen LogP contribution in [0.25, 0.3) is 0 Å². The molecule has 140 valence electrons. The highest BCUT2D eigenvalue weighted by Crippen LogP contribution is 2.56. The summed E-state index contributed by atoms with van der Waals surface area (Å²) in [6, 6.07) is 6.08. The first kappa shape index (κ1) is 21.6. The van der Waals surface area contributed by atoms with E-state index in [0.717, 1.165) is 24.2 Å². The largest absolute Gasteiger partial charge is 0.508 e. The molecule has 1 saturated carbocycles. The van der Waals surface area contributed by atoms with Crippen molar-refractivity contribution in [2.75, 3.05) is 0 Å². The van der Waals surface area contributed by atoms with E-state index in [-0.39, 0.29) is 0 Å². The molecule has 0 spiro atoms. The summed E-state index contributed by atoms with van der Waals surface area (Å²) in [6.07, 6.45) is 12.4. The van der Waals surface area contributed by atoms with Crippen molar-refractivity contribution in [2.45, 2.75) is 86.0 Å². The smallest absolute Gasteiger partial charge is 0.115 e. The normalized spacial score (nSPS) is 29.6. The lowest BCUT2D eigenvalue weighted by atomic mass is 9.53. The first-order valence-corrected chi connectivity index (χ1v) is 10.2. The van der Waals surface area contributed by atoms with Crippen molar-refractivity contribution >= 4 is 0 Å². The molecule has 2 aliphatic carbocycles. The Hall–Kier alpha value is -1.42. The van der Waals surface area contributed by atoms with Crippen LogP contribution in [-0.2, 0) is 6.42 Å². The Bertz CT molecular complexity index is 568. The molecule has 0 saturated heterocycles. The van der Waals surface area contributed by atoms with Crippen molar-refractivity contribution in [1.29, 1.82) is 0 Å². The molecular formula is C24H38O. The van der Waals surface area contributed by atoms with Gasteiger partial charge < -0.3 is 5.11 Å². The van der Waals surface area contributed by atoms with E-state index in [0.29, 0.717) is 11.2 Å². The molecule has 3 rings (SSSR count). The maximum absolute atomic E-state index is 9.70. The number of terminal acetylenes is 1. The highest BCUT2D eigenvalue weighted by atomic mass is 16.3. The van der Waals surface area contributed by atoms with Crippen LogP contribution in [0.2, 0.25) is 0 Å². The van der Waals surface area contributed by atoms with Crippen LogP contribution in [0, 0.1) is 29.6 Å². The van der Waals surface area contributed by atoms with E-state index >= 15 is 0 Å². The van der Waals surface area contributed by atoms with Crippen molar-refractivity contribution in [3.63, 3.8) is 0 Å². The molecule has 1 nitrogen and oxygen atoms in total. The molecule has 0 aliphatic heterocycles. The monoisotopic (exact) mass is 342 g/mol. The summed E-state index contributed by atoms with van der Waals surface area (Å²) < 4.78 is 0. The zero-order chi connectivity index (χ0) is 19.0. The zero-order valence-corrected chi connectivity index (χ0v) is 17.2. The van der Waals surface area contributed by atoms with Crippen LogP contribution < -0.4 is 0 Å². The number of hydrogen-bond acceptors (Lipinski definition) is 1. The molecule has 1 N–H and O–H groups in total. The predicted octanol–water partition coefficient (Wildman–Crippen LogP) is 6.94. The highest BCUT2D eigenvalue weighted by molar-refractivity contribution is 5.39. The van der Waals surface area contributed by atoms with Gasteiger partial charge in [0.2, 0.25) is 0 Å². The molecule has 0 aromatic heterocycles. The third kappa shape index (κ3) is 4.60. The molecule has 0 radical (unpaired) electrons. The highest BCUT2D eigenvalue weighted by Gasteiger charge is 2.46. The summed E-state index contributed by atoms with van der Waals surface area (Å²) >= 11 is 0. The summed E-state index contributed by atoms with van der Waals surface area (Å²) in [5.74, 6) is 5.15. The fourth-order valence-electron chi connectivity index (χ4n) is 5.20. The predicted molar refractivity (Wildman–Crippen MR) is 110 cm³/mol. The summed E-state index contributed by atoms with van der Waals surface area (Å²) in [7, 11) is 0. The number of fused-ring (bicyclic) bond motifs is 3. The molecule has 25 heavy (non-hydrogen) atoms. The maximum Gasteiger partial charge on any atom is 0.115 e. The minimum Gasteiger partial charge on any atom is -0.508 e. The second-order valence-corrected chi connectivity index (χ2v) is 7.54. The van der Waals surface area contributed by atoms with Crippen LogP contribution in [0.3, 0.4) is 0 Å². The molecule has 4 atom stereocenters. The molecule has 2 aliphatic rings. The zero-order valence-electron chi connectivity index (χ0n) is 17.2. The van der Waals surface area contributed by atoms with Gasteiger partial charge in [0.25, 0.3) is 0 Å². The van der Waals surface area contributed by atoms with E-state index in [9.17, 15) is 5.11 Å². The van der Waals surface area contributed by atoms with Gasteiger partial charge in [0, 0.05) is 0 Å². The quantitative estimate of drug-likeness (QED) is 0.577. The van der Waals surface area contributed by atoms with Gasteiger partial charge in [0.15, 0.2) is 0 Å². The van der Waals surface area contributed by atoms with Crippen molar-refractivity contribution < 1.29 is 5.11 Å². The van der Waals surface area contributed by atoms with Gasteiger partial charge in [-0.3, -0.25) is 0 Å². The number of rotatable bonds is 2. The number of hydrogen-bond donors (Lipinski definition) is 1. The van der Waals surface area contributed by atoms with E-state index in [1.807, 2.05) is 26.0 Å². The Morgan fingerprint density at radius 1 is 1.24 bits per heavy atom. The maximum atomic E-state index is 9.70. The second kappa shape index (κ2) is 9.91. The summed E-state index contributed by atoms with van der Waals surface area (Å²) in [5.41, 5.74) is 3.49. The lowest BCUT2D eigenvalue weighted by Crippen LogP contribution is -2.42. The lowest BCUT2D eigenvalue weighted by Gasteiger charge is -2.52. The lowest BCUT2D eigenvalue weighted by molar-refractivity contribution is 0.0256. The van der Waals surface area contributed by atoms with Gasteiger partial charge in [-0.2, -0.15) is 0 Å². The average Bonchev–Trinajstić information content (AvgIpc) is 2.63. The van der Waals surface area contributed by atoms with Gasteiger partial charge in [0.1, 0.15) is 5.75 Å². The van der Waals surface area contributed by atoms with Gasteiger partial charge in [-0.05, 0) is 79.0 Å². The Morgan fingerprint density at radius 3 is 2.44 bits per heavy atom. The Morgan fingerprint density at radius 2 is 1.88 bits per heavy atom. The number of phenols is 1. The topological polar surface area (TPSA) is 20.2 Å². The molecule has 0 heterocycles. The van der Waals surface area contributed by atoms with E-state index in [1.165, 1.54) is 43.2 Å². The molecule has 4 unspecified atom stereocenters. The Balaban J connectivity index is 0.000000567. The number of phenolic OH excluding ortho intramolecular Hbond substituents is 1. The van der Waals surface area contributed by atoms with Gasteiger partial charge in [-0.15, -0.1) is 12.3 Å². The fraction of sp³-hybridized carbons (Fsp3) is 0.667. The van der Waals surface area contributed by atoms with Gasteiger partial charge in [-0.25, -0.2) is 0 Å². The van der Waals surface area contributed by atoms with E-state index in [2.05, 4.69) is 39.2 Å². The number of benzene rings is 1. The van der Waals surface area contributed by atoms with E-state index in [4.69, 9.17) is 0 Å². The van der Waals surface area contributed by atoms with Crippen LogP contribution in [0.1, 0.15) is 90.7 Å². The summed E-state index contributed by atoms with van der Waals surface area (Å²) in [6.45, 7) is 12.9. The standard InChI is InChI=1S/C19H28O.C3H4.C2H6/c1-4-18-17-8-6-13-12-14(20)7-9-15(13)16(17)10-11-19(18,3)5-2;1-3-2;1-2/h7,9,12,16-18,20H,4-6,8,10-11H2,1-3H3;1H,2H3;1-2H3. The van der Waals surface area contributed by atoms with Crippen molar-refractivity contribution in [3.8, 4) is 18.1 Å². The SMILES string of the molecule is C#CC.CC.CCC1C2CCc3cc(O)ccc3C2CCC1(C)CC. The molecule has 0 amide bonds. The minimum atomic E-state index is 0.434. The molecular weight excluding hydrogens is 304 g/mol. The van der Waals surface area contributed by atoms with Gasteiger partial charge >= 0.3 is 0 Å². The molecule has 1 heteroatoms. The van der Waals surface area contributed by atoms with Crippen LogP contribution >= 0.6 is 0 Å². The molecule has 1 fully saturated rings. The van der Waals surface area contributed by atoms with Crippen molar-refractivity contribution in [2.24, 2.45) is 17.3 Å². The second-order valence-electron chi connectivity index (χ2n) is 7.54. The Kier molecular flexibility index (Phi) is 8.57. The number of aryl methyl sites for hydroxylation is 1. The van der Waals surface area contributed by atoms with Crippen molar-refractivity contribution in [3.05, 3.63) is 29.3 Å². The van der Waals surface area contributed by atoms with E-state index < -0.39 is 0 Å². The summed E-state index contributed by atoms with van der Waals surface area (Å²) in [4.78, 5) is 0. The van der Waals surface area contributed by atoms with Crippen LogP contribution in [0.15, 0.2) is 18.2 Å². The molecule has 1 aromatic carbocycles. The van der Waals surface area contributed by atoms with Gasteiger partial charge in [0.05, 0.1) is 0 Å². The first-order valence-electron chi connectivity index (χ1n) is 10.2. The minimum absolute atomic E-state index is 0.434. The van der Waals surface area contributed by atoms with E-state index in [1.54, 1.807) is 6.92 Å². The van der Waals surface area contributed by atoms with Crippen LogP contribution in [0.5, 0.6) is 5.75 Å². The van der Waals surface area contributed by atoms with Crippen molar-refractivity contribution in [1.82, 2.24) is 0 Å². The molecule has 0 bridgehead atoms. The summed E-state index contributed by atoms with van der Waals surface area (Å²) in [5, 5.41) is 9.70.